The Hall–Kier alpha value is -4.01. The highest BCUT2D eigenvalue weighted by Crippen LogP contribution is 2.42. The highest BCUT2D eigenvalue weighted by molar-refractivity contribution is 5.90. The van der Waals surface area contributed by atoms with Crippen LogP contribution < -0.4 is 11.1 Å². The molecule has 1 aliphatic rings. The molecule has 3 N–H and O–H groups in total. The van der Waals surface area contributed by atoms with Gasteiger partial charge in [0.2, 0.25) is 0 Å². The number of hydrogen-bond acceptors (Lipinski definition) is 7. The number of benzene rings is 1. The second-order valence-electron chi connectivity index (χ2n) is 7.59. The van der Waals surface area contributed by atoms with E-state index in [9.17, 15) is 22.0 Å². The summed E-state index contributed by atoms with van der Waals surface area (Å²) in [4.78, 5) is 12.1. The zero-order valence-corrected chi connectivity index (χ0v) is 16.9. The lowest BCUT2D eigenvalue weighted by molar-refractivity contribution is -0.208. The van der Waals surface area contributed by atoms with Crippen molar-refractivity contribution in [3.63, 3.8) is 0 Å². The zero-order chi connectivity index (χ0) is 24.0. The minimum atomic E-state index is -4.78. The number of ether oxygens (including phenoxy) is 1. The van der Waals surface area contributed by atoms with Crippen molar-refractivity contribution in [2.75, 3.05) is 5.32 Å². The molecule has 3 heterocycles. The van der Waals surface area contributed by atoms with Crippen LogP contribution in [0.1, 0.15) is 24.5 Å². The van der Waals surface area contributed by atoms with E-state index in [0.29, 0.717) is 16.5 Å². The van der Waals surface area contributed by atoms with Gasteiger partial charge in [-0.15, -0.1) is 0 Å². The number of fused-ring (bicyclic) bond motifs is 1. The number of nitriles is 1. The molecule has 33 heavy (non-hydrogen) atoms. The second-order valence-corrected chi connectivity index (χ2v) is 7.59. The van der Waals surface area contributed by atoms with Crippen LogP contribution in [0.3, 0.4) is 0 Å². The Bertz CT molecular complexity index is 1320. The van der Waals surface area contributed by atoms with E-state index in [4.69, 9.17) is 11.0 Å². The molecule has 0 aliphatic carbocycles. The lowest BCUT2D eigenvalue weighted by Gasteiger charge is -2.36. The van der Waals surface area contributed by atoms with Gasteiger partial charge in [-0.05, 0) is 25.1 Å². The molecule has 2 aromatic heterocycles. The van der Waals surface area contributed by atoms with Crippen LogP contribution in [0.4, 0.5) is 33.5 Å². The maximum absolute atomic E-state index is 14.7. The zero-order valence-electron chi connectivity index (χ0n) is 16.9. The van der Waals surface area contributed by atoms with Gasteiger partial charge in [0.1, 0.15) is 11.6 Å². The molecule has 2 atom stereocenters. The Kier molecular flexibility index (Phi) is 5.27. The number of halogens is 5. The van der Waals surface area contributed by atoms with Gasteiger partial charge in [0, 0.05) is 41.5 Å². The minimum absolute atomic E-state index is 0.0000988. The summed E-state index contributed by atoms with van der Waals surface area (Å²) in [6, 6.07) is 6.34. The lowest BCUT2D eigenvalue weighted by atomic mass is 9.85. The first-order valence-electron chi connectivity index (χ1n) is 9.50. The van der Waals surface area contributed by atoms with E-state index < -0.39 is 47.5 Å². The Morgan fingerprint density at radius 2 is 2.00 bits per heavy atom. The summed E-state index contributed by atoms with van der Waals surface area (Å²) in [6.07, 6.45) is -5.18. The number of hydrogen-bond donors (Lipinski definition) is 2. The summed E-state index contributed by atoms with van der Waals surface area (Å²) < 4.78 is 73.6. The summed E-state index contributed by atoms with van der Waals surface area (Å²) in [5.41, 5.74) is 3.80. The van der Waals surface area contributed by atoms with Crippen LogP contribution in [-0.2, 0) is 10.3 Å². The molecule has 3 aromatic rings. The van der Waals surface area contributed by atoms with Gasteiger partial charge in [-0.3, -0.25) is 4.98 Å². The largest absolute Gasteiger partial charge is 0.452 e. The normalized spacial score (nSPS) is 20.6. The molecule has 0 bridgehead atoms. The van der Waals surface area contributed by atoms with Crippen molar-refractivity contribution in [1.29, 1.82) is 5.26 Å². The number of pyridine rings is 2. The van der Waals surface area contributed by atoms with Gasteiger partial charge in [0.15, 0.2) is 23.6 Å². The van der Waals surface area contributed by atoms with E-state index in [1.165, 1.54) is 19.3 Å². The van der Waals surface area contributed by atoms with Gasteiger partial charge in [0.05, 0.1) is 11.1 Å². The number of anilines is 2. The summed E-state index contributed by atoms with van der Waals surface area (Å²) in [5.74, 6) is -2.49. The number of alkyl halides is 3. The van der Waals surface area contributed by atoms with Crippen molar-refractivity contribution in [2.24, 2.45) is 10.7 Å². The summed E-state index contributed by atoms with van der Waals surface area (Å²) in [6.45, 7) is 1.21. The molecular weight excluding hydrogens is 447 g/mol. The van der Waals surface area contributed by atoms with Crippen LogP contribution in [0.5, 0.6) is 0 Å². The molecule has 4 rings (SSSR count). The molecule has 12 heteroatoms. The smallest absolute Gasteiger partial charge is 0.425 e. The lowest BCUT2D eigenvalue weighted by Crippen LogP contribution is -2.46. The number of nitrogens with one attached hydrogen (secondary N) is 1. The predicted octanol–water partition coefficient (Wildman–Crippen LogP) is 4.40. The molecule has 0 spiro atoms. The third-order valence-electron chi connectivity index (χ3n) is 5.17. The van der Waals surface area contributed by atoms with Gasteiger partial charge in [0.25, 0.3) is 6.02 Å². The fourth-order valence-electron chi connectivity index (χ4n) is 3.62. The summed E-state index contributed by atoms with van der Waals surface area (Å²) in [5, 5.41) is 12.4. The summed E-state index contributed by atoms with van der Waals surface area (Å²) >= 11 is 0. The highest BCUT2D eigenvalue weighted by Gasteiger charge is 2.50. The van der Waals surface area contributed by atoms with Gasteiger partial charge in [-0.25, -0.2) is 18.8 Å². The molecule has 0 saturated carbocycles. The topological polar surface area (TPSA) is 109 Å². The molecular formula is C21H15F5N6O. The number of nitrogens with two attached hydrogens (primary N) is 1. The minimum Gasteiger partial charge on any atom is -0.452 e. The van der Waals surface area contributed by atoms with Crippen LogP contribution in [0.15, 0.2) is 41.7 Å². The average molecular weight is 462 g/mol. The van der Waals surface area contributed by atoms with Crippen molar-refractivity contribution >= 4 is 28.4 Å². The number of aliphatic imine (C=N–C) groups is 1. The van der Waals surface area contributed by atoms with Crippen LogP contribution in [-0.4, -0.2) is 28.3 Å². The molecule has 0 saturated heterocycles. The number of aromatic nitrogens is 2. The predicted molar refractivity (Wildman–Crippen MR) is 108 cm³/mol. The quantitative estimate of drug-likeness (QED) is 0.559. The SMILES string of the molecule is C[C@]1(c2cc(Nc3nccc4cc(C#N)cnc34)cc(F)c2F)C[C@@H](C(F)(F)F)OC(N)=N1. The van der Waals surface area contributed by atoms with Crippen molar-refractivity contribution in [3.8, 4) is 6.07 Å². The van der Waals surface area contributed by atoms with Crippen LogP contribution in [0, 0.1) is 23.0 Å². The molecule has 0 fully saturated rings. The Labute approximate surface area is 183 Å². The third-order valence-corrected chi connectivity index (χ3v) is 5.17. The molecule has 0 unspecified atom stereocenters. The first kappa shape index (κ1) is 22.2. The summed E-state index contributed by atoms with van der Waals surface area (Å²) in [7, 11) is 0. The van der Waals surface area contributed by atoms with Gasteiger partial charge < -0.3 is 15.8 Å². The Balaban J connectivity index is 1.77. The van der Waals surface area contributed by atoms with E-state index in [2.05, 4.69) is 25.0 Å². The van der Waals surface area contributed by atoms with Crippen LogP contribution >= 0.6 is 0 Å². The molecule has 0 amide bonds. The number of nitrogens with zero attached hydrogens (tertiary/aromatic N) is 4. The maximum atomic E-state index is 14.7. The van der Waals surface area contributed by atoms with Crippen LogP contribution in [0.2, 0.25) is 0 Å². The first-order chi connectivity index (χ1) is 15.5. The average Bonchev–Trinajstić information content (AvgIpc) is 2.74. The van der Waals surface area contributed by atoms with Crippen molar-refractivity contribution in [1.82, 2.24) is 9.97 Å². The fourth-order valence-corrected chi connectivity index (χ4v) is 3.62. The monoisotopic (exact) mass is 462 g/mol. The van der Waals surface area contributed by atoms with Crippen molar-refractivity contribution in [3.05, 3.63) is 59.4 Å². The number of rotatable bonds is 3. The second kappa shape index (κ2) is 7.84. The first-order valence-corrected chi connectivity index (χ1v) is 9.50. The fraction of sp³-hybridized carbons (Fsp3) is 0.238. The van der Waals surface area contributed by atoms with E-state index in [0.717, 1.165) is 12.1 Å². The van der Waals surface area contributed by atoms with E-state index in [-0.39, 0.29) is 11.5 Å². The van der Waals surface area contributed by atoms with Gasteiger partial charge in [-0.2, -0.15) is 18.4 Å². The van der Waals surface area contributed by atoms with Crippen molar-refractivity contribution < 1.29 is 26.7 Å². The van der Waals surface area contributed by atoms with E-state index >= 15 is 0 Å². The molecule has 170 valence electrons. The molecule has 0 radical (unpaired) electrons. The standard InChI is InChI=1S/C21H15F5N6O/c1-20(7-15(21(24,25)26)33-19(28)32-20)13-5-12(6-14(22)16(13)23)31-18-17-11(2-3-29-18)4-10(8-27)9-30-17/h2-6,9,15H,7H2,1H3,(H2,28,32)(H,29,31)/t15-,20+/m0/s1. The third kappa shape index (κ3) is 4.21. The van der Waals surface area contributed by atoms with Crippen LogP contribution in [0.25, 0.3) is 10.9 Å². The Morgan fingerprint density at radius 3 is 2.70 bits per heavy atom. The molecule has 1 aromatic carbocycles. The maximum Gasteiger partial charge on any atom is 0.425 e. The van der Waals surface area contributed by atoms with E-state index in [1.807, 2.05) is 6.07 Å². The van der Waals surface area contributed by atoms with Gasteiger partial charge >= 0.3 is 6.18 Å². The van der Waals surface area contributed by atoms with Crippen molar-refractivity contribution in [2.45, 2.75) is 31.2 Å². The highest BCUT2D eigenvalue weighted by atomic mass is 19.4. The molecule has 1 aliphatic heterocycles. The Morgan fingerprint density at radius 1 is 1.24 bits per heavy atom. The number of amidine groups is 1. The van der Waals surface area contributed by atoms with Gasteiger partial charge in [-0.1, -0.05) is 0 Å². The van der Waals surface area contributed by atoms with E-state index in [1.54, 1.807) is 12.1 Å². The molecule has 7 nitrogen and oxygen atoms in total.